The van der Waals surface area contributed by atoms with Crippen molar-refractivity contribution in [2.24, 2.45) is 17.6 Å². The highest BCUT2D eigenvalue weighted by Crippen LogP contribution is 2.29. The van der Waals surface area contributed by atoms with Crippen LogP contribution in [0.4, 0.5) is 0 Å². The van der Waals surface area contributed by atoms with E-state index >= 15 is 0 Å². The Hall–Kier alpha value is -0.120. The molecule has 3 N–H and O–H groups in total. The highest BCUT2D eigenvalue weighted by atomic mass is 16.3. The standard InChI is InChI=1S/C13H26N2O/c1-10-7-15(9-13(10)14)8-12(16)6-11-4-2-3-5-11/h10-13,16H,2-9,14H2,1H3. The van der Waals surface area contributed by atoms with E-state index in [-0.39, 0.29) is 6.10 Å². The van der Waals surface area contributed by atoms with Crippen LogP contribution in [0.5, 0.6) is 0 Å². The molecule has 1 aliphatic carbocycles. The van der Waals surface area contributed by atoms with Crippen LogP contribution in [-0.4, -0.2) is 41.8 Å². The zero-order valence-electron chi connectivity index (χ0n) is 10.4. The normalized spacial score (nSPS) is 34.7. The minimum atomic E-state index is -0.138. The largest absolute Gasteiger partial charge is 0.392 e. The molecule has 16 heavy (non-hydrogen) atoms. The summed E-state index contributed by atoms with van der Waals surface area (Å²) in [5.74, 6) is 1.36. The Balaban J connectivity index is 1.68. The monoisotopic (exact) mass is 226 g/mol. The average Bonchev–Trinajstić information content (AvgIpc) is 2.78. The molecule has 1 heterocycles. The summed E-state index contributed by atoms with van der Waals surface area (Å²) < 4.78 is 0. The molecule has 3 atom stereocenters. The molecule has 3 nitrogen and oxygen atoms in total. The number of aliphatic hydroxyl groups is 1. The van der Waals surface area contributed by atoms with Crippen LogP contribution < -0.4 is 5.73 Å². The van der Waals surface area contributed by atoms with Crippen molar-refractivity contribution < 1.29 is 5.11 Å². The van der Waals surface area contributed by atoms with Gasteiger partial charge in [0.15, 0.2) is 0 Å². The van der Waals surface area contributed by atoms with Crippen LogP contribution in [-0.2, 0) is 0 Å². The summed E-state index contributed by atoms with van der Waals surface area (Å²) >= 11 is 0. The number of β-amino-alcohol motifs (C(OH)–C–C–N with tert-alkyl or cyclic N) is 1. The Morgan fingerprint density at radius 1 is 1.31 bits per heavy atom. The zero-order chi connectivity index (χ0) is 11.5. The van der Waals surface area contributed by atoms with Gasteiger partial charge in [0.2, 0.25) is 0 Å². The lowest BCUT2D eigenvalue weighted by molar-refractivity contribution is 0.0998. The van der Waals surface area contributed by atoms with Crippen LogP contribution in [0.2, 0.25) is 0 Å². The van der Waals surface area contributed by atoms with E-state index in [2.05, 4.69) is 11.8 Å². The first-order valence-electron chi connectivity index (χ1n) is 6.81. The van der Waals surface area contributed by atoms with Crippen molar-refractivity contribution in [3.05, 3.63) is 0 Å². The maximum absolute atomic E-state index is 10.1. The van der Waals surface area contributed by atoms with Crippen LogP contribution in [0.15, 0.2) is 0 Å². The van der Waals surface area contributed by atoms with Crippen molar-refractivity contribution in [1.29, 1.82) is 0 Å². The van der Waals surface area contributed by atoms with E-state index in [1.807, 2.05) is 0 Å². The quantitative estimate of drug-likeness (QED) is 0.757. The van der Waals surface area contributed by atoms with E-state index < -0.39 is 0 Å². The molecule has 0 bridgehead atoms. The fraction of sp³-hybridized carbons (Fsp3) is 1.00. The molecule has 0 aromatic carbocycles. The minimum absolute atomic E-state index is 0.138. The van der Waals surface area contributed by atoms with Gasteiger partial charge in [-0.1, -0.05) is 32.6 Å². The second-order valence-corrected chi connectivity index (χ2v) is 5.90. The summed E-state index contributed by atoms with van der Waals surface area (Å²) in [6.45, 7) is 5.05. The van der Waals surface area contributed by atoms with Crippen LogP contribution >= 0.6 is 0 Å². The van der Waals surface area contributed by atoms with E-state index in [0.29, 0.717) is 12.0 Å². The maximum atomic E-state index is 10.1. The second-order valence-electron chi connectivity index (χ2n) is 5.90. The summed E-state index contributed by atoms with van der Waals surface area (Å²) in [6, 6.07) is 0.304. The van der Waals surface area contributed by atoms with Crippen LogP contribution in [0.3, 0.4) is 0 Å². The smallest absolute Gasteiger partial charge is 0.0669 e. The Bertz CT molecular complexity index is 206. The van der Waals surface area contributed by atoms with Crippen molar-refractivity contribution >= 4 is 0 Å². The van der Waals surface area contributed by atoms with Gasteiger partial charge in [-0.05, 0) is 18.3 Å². The maximum Gasteiger partial charge on any atom is 0.0669 e. The summed E-state index contributed by atoms with van der Waals surface area (Å²) in [6.07, 6.45) is 6.24. The van der Waals surface area contributed by atoms with E-state index in [1.165, 1.54) is 25.7 Å². The lowest BCUT2D eigenvalue weighted by Gasteiger charge is -2.21. The summed E-state index contributed by atoms with van der Waals surface area (Å²) in [4.78, 5) is 2.33. The molecule has 1 aliphatic heterocycles. The molecule has 2 rings (SSSR count). The third kappa shape index (κ3) is 3.19. The van der Waals surface area contributed by atoms with Crippen molar-refractivity contribution in [3.8, 4) is 0 Å². The van der Waals surface area contributed by atoms with Gasteiger partial charge in [0.1, 0.15) is 0 Å². The fourth-order valence-corrected chi connectivity index (χ4v) is 3.25. The first-order chi connectivity index (χ1) is 7.65. The Morgan fingerprint density at radius 2 is 2.00 bits per heavy atom. The van der Waals surface area contributed by atoms with Crippen LogP contribution in [0.1, 0.15) is 39.0 Å². The van der Waals surface area contributed by atoms with E-state index in [9.17, 15) is 5.11 Å². The molecule has 0 amide bonds. The number of aliphatic hydroxyl groups excluding tert-OH is 1. The average molecular weight is 226 g/mol. The lowest BCUT2D eigenvalue weighted by Crippen LogP contribution is -2.33. The van der Waals surface area contributed by atoms with Gasteiger partial charge in [-0.25, -0.2) is 0 Å². The topological polar surface area (TPSA) is 49.5 Å². The predicted octanol–water partition coefficient (Wildman–Crippen LogP) is 1.21. The molecule has 0 aromatic rings. The minimum Gasteiger partial charge on any atom is -0.392 e. The number of likely N-dealkylation sites (tertiary alicyclic amines) is 1. The van der Waals surface area contributed by atoms with Gasteiger partial charge in [0, 0.05) is 25.7 Å². The van der Waals surface area contributed by atoms with Gasteiger partial charge in [0.25, 0.3) is 0 Å². The predicted molar refractivity (Wildman–Crippen MR) is 66.2 cm³/mol. The van der Waals surface area contributed by atoms with Gasteiger partial charge < -0.3 is 10.8 Å². The molecule has 0 radical (unpaired) electrons. The molecule has 3 unspecified atom stereocenters. The summed E-state index contributed by atoms with van der Waals surface area (Å²) in [5, 5.41) is 10.1. The molecular formula is C13H26N2O. The highest BCUT2D eigenvalue weighted by Gasteiger charge is 2.28. The molecule has 3 heteroatoms. The molecule has 0 aromatic heterocycles. The molecule has 1 saturated carbocycles. The SMILES string of the molecule is CC1CN(CC(O)CC2CCCC2)CC1N. The summed E-state index contributed by atoms with van der Waals surface area (Å²) in [7, 11) is 0. The van der Waals surface area contributed by atoms with Crippen molar-refractivity contribution in [3.63, 3.8) is 0 Å². The van der Waals surface area contributed by atoms with E-state index in [1.54, 1.807) is 0 Å². The number of nitrogens with two attached hydrogens (primary N) is 1. The van der Waals surface area contributed by atoms with Gasteiger partial charge in [-0.3, -0.25) is 4.90 Å². The number of hydrogen-bond acceptors (Lipinski definition) is 3. The lowest BCUT2D eigenvalue weighted by atomic mass is 10.00. The van der Waals surface area contributed by atoms with Gasteiger partial charge in [-0.15, -0.1) is 0 Å². The third-order valence-electron chi connectivity index (χ3n) is 4.30. The van der Waals surface area contributed by atoms with Crippen molar-refractivity contribution in [1.82, 2.24) is 4.90 Å². The molecule has 2 aliphatic rings. The molecule has 94 valence electrons. The van der Waals surface area contributed by atoms with Gasteiger partial charge >= 0.3 is 0 Å². The molecule has 2 fully saturated rings. The van der Waals surface area contributed by atoms with E-state index in [4.69, 9.17) is 5.73 Å². The number of nitrogens with zero attached hydrogens (tertiary/aromatic N) is 1. The van der Waals surface area contributed by atoms with Crippen LogP contribution in [0.25, 0.3) is 0 Å². The summed E-state index contributed by atoms with van der Waals surface area (Å²) in [5.41, 5.74) is 5.98. The Morgan fingerprint density at radius 3 is 2.56 bits per heavy atom. The van der Waals surface area contributed by atoms with Gasteiger partial charge in [0.05, 0.1) is 6.10 Å². The first-order valence-corrected chi connectivity index (χ1v) is 6.81. The molecule has 1 saturated heterocycles. The second kappa shape index (κ2) is 5.48. The van der Waals surface area contributed by atoms with Crippen molar-refractivity contribution in [2.45, 2.75) is 51.2 Å². The number of rotatable bonds is 4. The number of hydrogen-bond donors (Lipinski definition) is 2. The van der Waals surface area contributed by atoms with E-state index in [0.717, 1.165) is 32.0 Å². The first kappa shape index (κ1) is 12.3. The highest BCUT2D eigenvalue weighted by molar-refractivity contribution is 4.85. The Kier molecular flexibility index (Phi) is 4.22. The zero-order valence-corrected chi connectivity index (χ0v) is 10.4. The van der Waals surface area contributed by atoms with Gasteiger partial charge in [-0.2, -0.15) is 0 Å². The molecule has 0 spiro atoms. The molecular weight excluding hydrogens is 200 g/mol. The van der Waals surface area contributed by atoms with Crippen molar-refractivity contribution in [2.75, 3.05) is 19.6 Å². The third-order valence-corrected chi connectivity index (χ3v) is 4.30. The fourth-order valence-electron chi connectivity index (χ4n) is 3.25. The Labute approximate surface area is 99.0 Å². The van der Waals surface area contributed by atoms with Crippen LogP contribution in [0, 0.1) is 11.8 Å².